The number of aryl methyl sites for hydroxylation is 2. The van der Waals surface area contributed by atoms with Gasteiger partial charge in [0.15, 0.2) is 0 Å². The van der Waals surface area contributed by atoms with Gasteiger partial charge in [0.1, 0.15) is 50.8 Å². The van der Waals surface area contributed by atoms with Crippen LogP contribution in [0.25, 0.3) is 0 Å². The number of phenols is 2. The zero-order chi connectivity index (χ0) is 29.7. The largest absolute Gasteiger partial charge is 0.507 e. The van der Waals surface area contributed by atoms with Crippen molar-refractivity contribution in [1.82, 2.24) is 0 Å². The van der Waals surface area contributed by atoms with Crippen LogP contribution in [0.15, 0.2) is 34.3 Å². The van der Waals surface area contributed by atoms with Crippen LogP contribution in [0.4, 0.5) is 0 Å². The Kier molecular flexibility index (Phi) is 9.67. The second-order valence-electron chi connectivity index (χ2n) is 13.4. The number of hydrogen-bond donors (Lipinski definition) is 2. The highest BCUT2D eigenvalue weighted by atomic mass is 16.5. The van der Waals surface area contributed by atoms with Gasteiger partial charge in [-0.05, 0) is 62.1 Å². The molecule has 228 valence electrons. The number of rotatable bonds is 8. The molecule has 2 aromatic rings. The van der Waals surface area contributed by atoms with Gasteiger partial charge in [-0.15, -0.1) is 0 Å². The molecule has 3 fully saturated rings. The Morgan fingerprint density at radius 2 is 1.07 bits per heavy atom. The van der Waals surface area contributed by atoms with E-state index < -0.39 is 0 Å². The molecule has 0 radical (unpaired) electrons. The Bertz CT molecular complexity index is 1200. The second-order valence-corrected chi connectivity index (χ2v) is 13.4. The number of hydrogen-bond acceptors (Lipinski definition) is 6. The van der Waals surface area contributed by atoms with Crippen molar-refractivity contribution in [3.8, 4) is 11.5 Å². The van der Waals surface area contributed by atoms with Crippen molar-refractivity contribution in [1.29, 1.82) is 0 Å². The van der Waals surface area contributed by atoms with Crippen molar-refractivity contribution in [3.63, 3.8) is 0 Å². The molecule has 0 bridgehead atoms. The number of morpholine rings is 2. The number of phenolic OH excluding ortho intramolecular Hbond substituents is 2. The molecule has 0 aromatic heterocycles. The predicted molar refractivity (Wildman–Crippen MR) is 168 cm³/mol. The zero-order valence-corrected chi connectivity index (χ0v) is 26.0. The Balaban J connectivity index is 1.32. The van der Waals surface area contributed by atoms with E-state index in [2.05, 4.69) is 38.4 Å². The first kappa shape index (κ1) is 30.7. The fourth-order valence-electron chi connectivity index (χ4n) is 6.70. The fourth-order valence-corrected chi connectivity index (χ4v) is 6.70. The smallest absolute Gasteiger partial charge is 0.127 e. The summed E-state index contributed by atoms with van der Waals surface area (Å²) in [7, 11) is 4.56. The van der Waals surface area contributed by atoms with Crippen LogP contribution in [0.5, 0.6) is 11.5 Å². The van der Waals surface area contributed by atoms with Gasteiger partial charge in [0.2, 0.25) is 0 Å². The highest BCUT2D eigenvalue weighted by molar-refractivity contribution is 5.85. The lowest BCUT2D eigenvalue weighted by atomic mass is 9.91. The zero-order valence-electron chi connectivity index (χ0n) is 26.0. The van der Waals surface area contributed by atoms with Crippen LogP contribution in [0.2, 0.25) is 0 Å². The molecule has 0 spiro atoms. The molecule has 1 unspecified atom stereocenters. The average Bonchev–Trinajstić information content (AvgIpc) is 2.96. The number of aromatic hydroxyl groups is 2. The van der Waals surface area contributed by atoms with Crippen molar-refractivity contribution < 1.29 is 28.7 Å². The highest BCUT2D eigenvalue weighted by Gasteiger charge is 2.28. The molecule has 42 heavy (non-hydrogen) atoms. The SMILES string of the molecule is Cc1cc(C[N+]2(C)CCOCC2)cc(C=NC2CCCC[C@H]2N=Cc2cc(C[N+]3(C)CCOCC3)cc(C)c2O)c1O. The third-order valence-electron chi connectivity index (χ3n) is 9.51. The Hall–Kier alpha value is -2.78. The van der Waals surface area contributed by atoms with E-state index in [1.165, 1.54) is 11.1 Å². The first-order chi connectivity index (χ1) is 20.1. The van der Waals surface area contributed by atoms with Gasteiger partial charge in [0.05, 0.1) is 52.6 Å². The molecule has 2 aliphatic heterocycles. The quantitative estimate of drug-likeness (QED) is 0.357. The number of nitrogens with zero attached hydrogens (tertiary/aromatic N) is 4. The maximum absolute atomic E-state index is 10.9. The molecule has 5 rings (SSSR count). The van der Waals surface area contributed by atoms with E-state index in [0.29, 0.717) is 11.5 Å². The molecule has 1 aliphatic carbocycles. The standard InChI is InChI=1S/C34H48N4O4/c1-25-17-27(23-37(3)9-13-41-14-10-37)19-29(33(25)39)21-35-31-7-5-6-8-32(31)36-22-30-20-28(18-26(2)34(30)40)24-38(4)11-15-42-16-12-38/h17-22,31-32H,5-16,23-24H2,1-4H3/p+2/t31-,32?/m1/s1. The van der Waals surface area contributed by atoms with Crippen LogP contribution in [0.1, 0.15) is 59.1 Å². The van der Waals surface area contributed by atoms with Gasteiger partial charge in [0.25, 0.3) is 0 Å². The number of ether oxygens (including phenoxy) is 2. The second kappa shape index (κ2) is 13.2. The molecule has 1 saturated carbocycles. The molecule has 0 amide bonds. The average molecular weight is 579 g/mol. The van der Waals surface area contributed by atoms with Gasteiger partial charge in [-0.3, -0.25) is 9.98 Å². The number of aliphatic imine (C=N–C) groups is 2. The lowest BCUT2D eigenvalue weighted by molar-refractivity contribution is -0.929. The number of likely N-dealkylation sites (N-methyl/N-ethyl adjacent to an activating group) is 2. The number of benzene rings is 2. The van der Waals surface area contributed by atoms with Crippen LogP contribution >= 0.6 is 0 Å². The lowest BCUT2D eigenvalue weighted by Gasteiger charge is -2.37. The van der Waals surface area contributed by atoms with E-state index in [9.17, 15) is 10.2 Å². The summed E-state index contributed by atoms with van der Waals surface area (Å²) >= 11 is 0. The molecular formula is C34H50N4O4+2. The maximum Gasteiger partial charge on any atom is 0.127 e. The maximum atomic E-state index is 10.9. The van der Waals surface area contributed by atoms with Crippen LogP contribution in [0.3, 0.4) is 0 Å². The van der Waals surface area contributed by atoms with Crippen molar-refractivity contribution >= 4 is 12.4 Å². The normalized spacial score (nSPS) is 24.4. The molecule has 2 atom stereocenters. The van der Waals surface area contributed by atoms with Gasteiger partial charge < -0.3 is 28.7 Å². The molecule has 8 heteroatoms. The third-order valence-corrected chi connectivity index (χ3v) is 9.51. The minimum atomic E-state index is 0.0476. The fraction of sp³-hybridized carbons (Fsp3) is 0.588. The number of quaternary nitrogens is 2. The van der Waals surface area contributed by atoms with E-state index in [1.807, 2.05) is 26.3 Å². The van der Waals surface area contributed by atoms with Crippen LogP contribution in [-0.4, -0.2) is 110 Å². The Morgan fingerprint density at radius 3 is 1.45 bits per heavy atom. The Morgan fingerprint density at radius 1 is 0.690 bits per heavy atom. The summed E-state index contributed by atoms with van der Waals surface area (Å²) in [6.45, 7) is 12.9. The lowest BCUT2D eigenvalue weighted by Crippen LogP contribution is -2.51. The van der Waals surface area contributed by atoms with Crippen molar-refractivity contribution in [2.45, 2.75) is 64.7 Å². The van der Waals surface area contributed by atoms with Crippen molar-refractivity contribution in [2.75, 3.05) is 66.7 Å². The minimum absolute atomic E-state index is 0.0476. The van der Waals surface area contributed by atoms with Crippen molar-refractivity contribution in [3.05, 3.63) is 57.6 Å². The Labute approximate surface area is 251 Å². The van der Waals surface area contributed by atoms with E-state index >= 15 is 0 Å². The summed E-state index contributed by atoms with van der Waals surface area (Å²) in [5.41, 5.74) is 5.75. The third kappa shape index (κ3) is 7.59. The molecule has 8 nitrogen and oxygen atoms in total. The van der Waals surface area contributed by atoms with Gasteiger partial charge >= 0.3 is 0 Å². The molecule has 2 N–H and O–H groups in total. The van der Waals surface area contributed by atoms with E-state index in [1.54, 1.807) is 0 Å². The molecular weight excluding hydrogens is 528 g/mol. The summed E-state index contributed by atoms with van der Waals surface area (Å²) in [6.07, 6.45) is 7.90. The minimum Gasteiger partial charge on any atom is -0.507 e. The van der Waals surface area contributed by atoms with E-state index in [-0.39, 0.29) is 12.1 Å². The van der Waals surface area contributed by atoms with E-state index in [0.717, 1.165) is 123 Å². The summed E-state index contributed by atoms with van der Waals surface area (Å²) < 4.78 is 13.0. The van der Waals surface area contributed by atoms with Gasteiger partial charge in [-0.1, -0.05) is 12.8 Å². The first-order valence-electron chi connectivity index (χ1n) is 15.7. The molecule has 2 saturated heterocycles. The van der Waals surface area contributed by atoms with Gasteiger partial charge in [-0.2, -0.15) is 0 Å². The topological polar surface area (TPSA) is 83.6 Å². The van der Waals surface area contributed by atoms with Crippen LogP contribution < -0.4 is 0 Å². The first-order valence-corrected chi connectivity index (χ1v) is 15.7. The highest BCUT2D eigenvalue weighted by Crippen LogP contribution is 2.29. The van der Waals surface area contributed by atoms with Crippen molar-refractivity contribution in [2.24, 2.45) is 9.98 Å². The van der Waals surface area contributed by atoms with Crippen LogP contribution in [0, 0.1) is 13.8 Å². The molecule has 2 aromatic carbocycles. The summed E-state index contributed by atoms with van der Waals surface area (Å²) in [6, 6.07) is 8.48. The predicted octanol–water partition coefficient (Wildman–Crippen LogP) is 4.52. The van der Waals surface area contributed by atoms with Gasteiger partial charge in [0, 0.05) is 34.7 Å². The van der Waals surface area contributed by atoms with E-state index in [4.69, 9.17) is 19.5 Å². The summed E-state index contributed by atoms with van der Waals surface area (Å²) in [5.74, 6) is 0.605. The summed E-state index contributed by atoms with van der Waals surface area (Å²) in [5, 5.41) is 21.8. The molecule has 2 heterocycles. The summed E-state index contributed by atoms with van der Waals surface area (Å²) in [4.78, 5) is 10.00. The molecule has 3 aliphatic rings. The van der Waals surface area contributed by atoms with Crippen LogP contribution in [-0.2, 0) is 22.6 Å². The monoisotopic (exact) mass is 578 g/mol. The van der Waals surface area contributed by atoms with Gasteiger partial charge in [-0.25, -0.2) is 0 Å².